The molecule has 0 aliphatic carbocycles. The van der Waals surface area contributed by atoms with Gasteiger partial charge < -0.3 is 14.6 Å². The van der Waals surface area contributed by atoms with Gasteiger partial charge in [-0.1, -0.05) is 40.2 Å². The third-order valence-corrected chi connectivity index (χ3v) is 5.04. The first-order valence-electron chi connectivity index (χ1n) is 9.38. The summed E-state index contributed by atoms with van der Waals surface area (Å²) in [5.74, 6) is 1.43. The number of nitrogens with zero attached hydrogens (tertiary/aromatic N) is 2. The number of carbonyl (C=O) groups is 1. The van der Waals surface area contributed by atoms with Crippen molar-refractivity contribution >= 4 is 38.6 Å². The molecule has 29 heavy (non-hydrogen) atoms. The second kappa shape index (κ2) is 8.49. The summed E-state index contributed by atoms with van der Waals surface area (Å²) in [5, 5.41) is 2.95. The Morgan fingerprint density at radius 2 is 1.76 bits per heavy atom. The predicted molar refractivity (Wildman–Crippen MR) is 119 cm³/mol. The first-order valence-corrected chi connectivity index (χ1v) is 10.2. The molecule has 0 atom stereocenters. The topological polar surface area (TPSA) is 56.1 Å². The number of ether oxygens (including phenoxy) is 1. The van der Waals surface area contributed by atoms with Gasteiger partial charge in [-0.2, -0.15) is 0 Å². The molecule has 0 saturated heterocycles. The Labute approximate surface area is 177 Å². The summed E-state index contributed by atoms with van der Waals surface area (Å²) in [5.41, 5.74) is 3.47. The van der Waals surface area contributed by atoms with Gasteiger partial charge in [0, 0.05) is 15.7 Å². The van der Waals surface area contributed by atoms with Crippen LogP contribution in [0.25, 0.3) is 22.4 Å². The van der Waals surface area contributed by atoms with Gasteiger partial charge in [0.15, 0.2) is 0 Å². The maximum Gasteiger partial charge on any atom is 0.244 e. The van der Waals surface area contributed by atoms with Crippen LogP contribution >= 0.6 is 15.9 Å². The number of aromatic nitrogens is 2. The van der Waals surface area contributed by atoms with Crippen molar-refractivity contribution in [2.24, 2.45) is 0 Å². The fourth-order valence-electron chi connectivity index (χ4n) is 3.20. The lowest BCUT2D eigenvalue weighted by Crippen LogP contribution is -2.19. The van der Waals surface area contributed by atoms with Crippen molar-refractivity contribution in [2.45, 2.75) is 13.5 Å². The number of para-hydroxylation sites is 2. The summed E-state index contributed by atoms with van der Waals surface area (Å²) in [6.07, 6.45) is 0. The van der Waals surface area contributed by atoms with Crippen molar-refractivity contribution < 1.29 is 9.53 Å². The van der Waals surface area contributed by atoms with Crippen LogP contribution in [0.4, 0.5) is 5.69 Å². The van der Waals surface area contributed by atoms with Crippen LogP contribution in [0, 0.1) is 0 Å². The molecule has 0 aliphatic rings. The number of rotatable bonds is 6. The van der Waals surface area contributed by atoms with Gasteiger partial charge in [-0.25, -0.2) is 4.98 Å². The lowest BCUT2D eigenvalue weighted by atomic mass is 10.2. The van der Waals surface area contributed by atoms with Crippen LogP contribution in [0.1, 0.15) is 6.92 Å². The maximum atomic E-state index is 12.8. The highest BCUT2D eigenvalue weighted by molar-refractivity contribution is 9.10. The molecule has 146 valence electrons. The van der Waals surface area contributed by atoms with E-state index < -0.39 is 0 Å². The molecular weight excluding hydrogens is 430 g/mol. The minimum Gasteiger partial charge on any atom is -0.494 e. The minimum atomic E-state index is -0.115. The molecule has 0 radical (unpaired) electrons. The number of benzene rings is 3. The molecule has 1 heterocycles. The van der Waals surface area contributed by atoms with E-state index in [2.05, 4.69) is 21.2 Å². The number of fused-ring (bicyclic) bond motifs is 1. The van der Waals surface area contributed by atoms with Gasteiger partial charge in [0.2, 0.25) is 5.91 Å². The van der Waals surface area contributed by atoms with E-state index in [0.29, 0.717) is 6.61 Å². The van der Waals surface area contributed by atoms with E-state index in [-0.39, 0.29) is 12.5 Å². The lowest BCUT2D eigenvalue weighted by molar-refractivity contribution is -0.116. The molecule has 0 aliphatic heterocycles. The molecule has 4 rings (SSSR count). The summed E-state index contributed by atoms with van der Waals surface area (Å²) in [7, 11) is 0. The van der Waals surface area contributed by atoms with Crippen LogP contribution in [0.3, 0.4) is 0 Å². The highest BCUT2D eigenvalue weighted by atomic mass is 79.9. The van der Waals surface area contributed by atoms with E-state index in [0.717, 1.165) is 38.3 Å². The van der Waals surface area contributed by atoms with E-state index in [1.807, 2.05) is 84.3 Å². The molecule has 0 bridgehead atoms. The van der Waals surface area contributed by atoms with E-state index in [4.69, 9.17) is 9.72 Å². The highest BCUT2D eigenvalue weighted by Crippen LogP contribution is 2.26. The zero-order valence-electron chi connectivity index (χ0n) is 15.9. The van der Waals surface area contributed by atoms with Crippen LogP contribution in [0.5, 0.6) is 5.75 Å². The number of amides is 1. The number of halogens is 1. The third-order valence-electron chi connectivity index (χ3n) is 4.51. The summed E-state index contributed by atoms with van der Waals surface area (Å²) < 4.78 is 8.39. The van der Waals surface area contributed by atoms with E-state index in [1.165, 1.54) is 0 Å². The Morgan fingerprint density at radius 1 is 1.03 bits per heavy atom. The molecule has 0 spiro atoms. The molecule has 0 unspecified atom stereocenters. The summed E-state index contributed by atoms with van der Waals surface area (Å²) in [4.78, 5) is 17.5. The number of hydrogen-bond acceptors (Lipinski definition) is 3. The molecule has 1 N–H and O–H groups in total. The minimum absolute atomic E-state index is 0.115. The monoisotopic (exact) mass is 449 g/mol. The molecular formula is C23H20BrN3O2. The van der Waals surface area contributed by atoms with Crippen LogP contribution in [-0.2, 0) is 11.3 Å². The van der Waals surface area contributed by atoms with Gasteiger partial charge >= 0.3 is 0 Å². The van der Waals surface area contributed by atoms with Crippen LogP contribution in [0.15, 0.2) is 77.3 Å². The number of imidazole rings is 1. The molecule has 4 aromatic rings. The number of carbonyl (C=O) groups excluding carboxylic acids is 1. The first-order chi connectivity index (χ1) is 14.1. The van der Waals surface area contributed by atoms with Gasteiger partial charge in [-0.15, -0.1) is 0 Å². The Hall–Kier alpha value is -3.12. The van der Waals surface area contributed by atoms with Gasteiger partial charge in [-0.05, 0) is 55.5 Å². The number of hydrogen-bond donors (Lipinski definition) is 1. The van der Waals surface area contributed by atoms with Crippen molar-refractivity contribution in [2.75, 3.05) is 11.9 Å². The van der Waals surface area contributed by atoms with Gasteiger partial charge in [0.05, 0.1) is 17.6 Å². The lowest BCUT2D eigenvalue weighted by Gasteiger charge is -2.11. The fraction of sp³-hybridized carbons (Fsp3) is 0.130. The third kappa shape index (κ3) is 4.32. The summed E-state index contributed by atoms with van der Waals surface area (Å²) in [6, 6.07) is 23.1. The van der Waals surface area contributed by atoms with Gasteiger partial charge in [-0.3, -0.25) is 4.79 Å². The zero-order chi connectivity index (χ0) is 20.2. The van der Waals surface area contributed by atoms with Gasteiger partial charge in [0.1, 0.15) is 18.1 Å². The van der Waals surface area contributed by atoms with Crippen molar-refractivity contribution in [3.8, 4) is 17.1 Å². The van der Waals surface area contributed by atoms with Crippen molar-refractivity contribution in [3.63, 3.8) is 0 Å². The summed E-state index contributed by atoms with van der Waals surface area (Å²) >= 11 is 3.46. The standard InChI is InChI=1S/C23H20BrN3O2/c1-2-29-19-13-11-18(12-14-19)25-22(28)15-27-21-6-4-3-5-20(21)26-23(27)16-7-9-17(24)10-8-16/h3-14H,2,15H2,1H3,(H,25,28). The quantitative estimate of drug-likeness (QED) is 0.422. The molecule has 0 saturated carbocycles. The number of nitrogens with one attached hydrogen (secondary N) is 1. The Bertz CT molecular complexity index is 1140. The van der Waals surface area contributed by atoms with Crippen LogP contribution in [0.2, 0.25) is 0 Å². The van der Waals surface area contributed by atoms with Crippen molar-refractivity contribution in [3.05, 3.63) is 77.3 Å². The Morgan fingerprint density at radius 3 is 2.48 bits per heavy atom. The average Bonchev–Trinajstić information content (AvgIpc) is 3.09. The van der Waals surface area contributed by atoms with Crippen molar-refractivity contribution in [1.82, 2.24) is 9.55 Å². The SMILES string of the molecule is CCOc1ccc(NC(=O)Cn2c(-c3ccc(Br)cc3)nc3ccccc32)cc1. The average molecular weight is 450 g/mol. The first kappa shape index (κ1) is 19.2. The zero-order valence-corrected chi connectivity index (χ0v) is 17.5. The Kier molecular flexibility index (Phi) is 5.62. The molecule has 5 nitrogen and oxygen atoms in total. The smallest absolute Gasteiger partial charge is 0.244 e. The van der Waals surface area contributed by atoms with Crippen LogP contribution < -0.4 is 10.1 Å². The molecule has 3 aromatic carbocycles. The molecule has 6 heteroatoms. The van der Waals surface area contributed by atoms with Gasteiger partial charge in [0.25, 0.3) is 0 Å². The molecule has 1 aromatic heterocycles. The fourth-order valence-corrected chi connectivity index (χ4v) is 3.46. The predicted octanol–water partition coefficient (Wildman–Crippen LogP) is 5.50. The largest absolute Gasteiger partial charge is 0.494 e. The Balaban J connectivity index is 1.61. The van der Waals surface area contributed by atoms with E-state index in [1.54, 1.807) is 0 Å². The highest BCUT2D eigenvalue weighted by Gasteiger charge is 2.15. The van der Waals surface area contributed by atoms with E-state index >= 15 is 0 Å². The second-order valence-corrected chi connectivity index (χ2v) is 7.44. The van der Waals surface area contributed by atoms with Crippen LogP contribution in [-0.4, -0.2) is 22.1 Å². The summed E-state index contributed by atoms with van der Waals surface area (Å²) in [6.45, 7) is 2.71. The number of anilines is 1. The molecule has 1 amide bonds. The molecule has 0 fully saturated rings. The normalized spacial score (nSPS) is 10.8. The van der Waals surface area contributed by atoms with Crippen molar-refractivity contribution in [1.29, 1.82) is 0 Å². The second-order valence-electron chi connectivity index (χ2n) is 6.52. The van der Waals surface area contributed by atoms with E-state index in [9.17, 15) is 4.79 Å². The maximum absolute atomic E-state index is 12.8.